The number of aryl methyl sites for hydroxylation is 2. The fourth-order valence-corrected chi connectivity index (χ4v) is 4.27. The van der Waals surface area contributed by atoms with Crippen LogP contribution in [-0.4, -0.2) is 40.7 Å². The molecule has 1 unspecified atom stereocenters. The van der Waals surface area contributed by atoms with E-state index in [4.69, 9.17) is 27.1 Å². The molecule has 1 aliphatic heterocycles. The zero-order chi connectivity index (χ0) is 23.2. The van der Waals surface area contributed by atoms with E-state index in [1.54, 1.807) is 0 Å². The average Bonchev–Trinajstić information content (AvgIpc) is 3.32. The maximum atomic E-state index is 11.8. The molecule has 172 valence electrons. The van der Waals surface area contributed by atoms with Gasteiger partial charge in [-0.2, -0.15) is 0 Å². The topological polar surface area (TPSA) is 102 Å². The van der Waals surface area contributed by atoms with E-state index in [2.05, 4.69) is 9.88 Å². The molecule has 3 N–H and O–H groups in total. The average molecular weight is 467 g/mol. The molecule has 1 fully saturated rings. The highest BCUT2D eigenvalue weighted by Crippen LogP contribution is 2.35. The van der Waals surface area contributed by atoms with Gasteiger partial charge in [0.2, 0.25) is 5.95 Å². The summed E-state index contributed by atoms with van der Waals surface area (Å²) in [6.45, 7) is 1.76. The van der Waals surface area contributed by atoms with Gasteiger partial charge in [0.05, 0.1) is 17.3 Å². The highest BCUT2D eigenvalue weighted by Gasteiger charge is 2.29. The summed E-state index contributed by atoms with van der Waals surface area (Å²) in [4.78, 5) is 23.1. The first-order valence-corrected chi connectivity index (χ1v) is 11.5. The standard InChI is InChI=1S/C25H27ClN4O3/c26-19-8-6-18(7-9-19)23-2-1-14-30(23)25-28-16-21(24(31)32)22(29-25)12-5-17-3-10-20(11-4-17)33-15-13-27/h3-4,6-11,16,23H,1-2,5,12-15,27H2,(H,31,32). The van der Waals surface area contributed by atoms with Crippen molar-refractivity contribution in [2.45, 2.75) is 31.7 Å². The zero-order valence-electron chi connectivity index (χ0n) is 18.3. The summed E-state index contributed by atoms with van der Waals surface area (Å²) in [7, 11) is 0. The lowest BCUT2D eigenvalue weighted by Crippen LogP contribution is -2.25. The summed E-state index contributed by atoms with van der Waals surface area (Å²) in [6.07, 6.45) is 4.60. The molecule has 0 aliphatic carbocycles. The maximum Gasteiger partial charge on any atom is 0.339 e. The monoisotopic (exact) mass is 466 g/mol. The predicted molar refractivity (Wildman–Crippen MR) is 128 cm³/mol. The van der Waals surface area contributed by atoms with Crippen molar-refractivity contribution in [3.8, 4) is 5.75 Å². The fraction of sp³-hybridized carbons (Fsp3) is 0.320. The quantitative estimate of drug-likeness (QED) is 0.485. The molecule has 2 heterocycles. The zero-order valence-corrected chi connectivity index (χ0v) is 19.0. The van der Waals surface area contributed by atoms with Gasteiger partial charge in [-0.05, 0) is 61.1 Å². The summed E-state index contributed by atoms with van der Waals surface area (Å²) in [5.41, 5.74) is 8.38. The molecule has 0 spiro atoms. The molecule has 4 rings (SSSR count). The number of ether oxygens (including phenoxy) is 1. The Morgan fingerprint density at radius 1 is 1.15 bits per heavy atom. The van der Waals surface area contributed by atoms with E-state index in [1.165, 1.54) is 6.20 Å². The lowest BCUT2D eigenvalue weighted by molar-refractivity contribution is 0.0694. The van der Waals surface area contributed by atoms with Crippen LogP contribution >= 0.6 is 11.6 Å². The first-order valence-electron chi connectivity index (χ1n) is 11.1. The van der Waals surface area contributed by atoms with Crippen molar-refractivity contribution in [2.75, 3.05) is 24.6 Å². The van der Waals surface area contributed by atoms with Crippen molar-refractivity contribution in [3.05, 3.63) is 82.1 Å². The molecule has 0 radical (unpaired) electrons. The second-order valence-electron chi connectivity index (χ2n) is 8.02. The van der Waals surface area contributed by atoms with Gasteiger partial charge in [-0.1, -0.05) is 35.9 Å². The summed E-state index contributed by atoms with van der Waals surface area (Å²) in [6, 6.07) is 15.7. The Kier molecular flexibility index (Phi) is 7.42. The largest absolute Gasteiger partial charge is 0.492 e. The molecule has 0 bridgehead atoms. The summed E-state index contributed by atoms with van der Waals surface area (Å²) in [5.74, 6) is 0.317. The lowest BCUT2D eigenvalue weighted by atomic mass is 10.0. The Labute approximate surface area is 198 Å². The van der Waals surface area contributed by atoms with Crippen molar-refractivity contribution in [3.63, 3.8) is 0 Å². The van der Waals surface area contributed by atoms with E-state index in [1.807, 2.05) is 48.5 Å². The Hall–Kier alpha value is -3.16. The molecule has 1 aliphatic rings. The number of carboxylic acid groups (broad SMARTS) is 1. The lowest BCUT2D eigenvalue weighted by Gasteiger charge is -2.25. The smallest absolute Gasteiger partial charge is 0.339 e. The maximum absolute atomic E-state index is 11.8. The van der Waals surface area contributed by atoms with Crippen molar-refractivity contribution in [2.24, 2.45) is 5.73 Å². The van der Waals surface area contributed by atoms with Gasteiger partial charge in [0.25, 0.3) is 0 Å². The number of aromatic carboxylic acids is 1. The minimum atomic E-state index is -1.02. The van der Waals surface area contributed by atoms with E-state index in [0.29, 0.717) is 42.7 Å². The highest BCUT2D eigenvalue weighted by atomic mass is 35.5. The normalized spacial score (nSPS) is 15.6. The van der Waals surface area contributed by atoms with Crippen LogP contribution in [-0.2, 0) is 12.8 Å². The van der Waals surface area contributed by atoms with E-state index in [0.717, 1.165) is 36.3 Å². The predicted octanol–water partition coefficient (Wildman–Crippen LogP) is 4.29. The number of rotatable bonds is 9. The molecule has 8 heteroatoms. The molecule has 2 aromatic carbocycles. The number of carbonyl (C=O) groups is 1. The van der Waals surface area contributed by atoms with Crippen LogP contribution in [0.3, 0.4) is 0 Å². The number of benzene rings is 2. The number of aromatic nitrogens is 2. The van der Waals surface area contributed by atoms with Gasteiger partial charge in [0.15, 0.2) is 0 Å². The van der Waals surface area contributed by atoms with Crippen molar-refractivity contribution >= 4 is 23.5 Å². The molecular formula is C25H27ClN4O3. The number of anilines is 1. The second-order valence-corrected chi connectivity index (χ2v) is 8.46. The number of halogens is 1. The molecule has 3 aromatic rings. The van der Waals surface area contributed by atoms with Crippen LogP contribution in [0.4, 0.5) is 5.95 Å². The number of nitrogens with two attached hydrogens (primary N) is 1. The summed E-state index contributed by atoms with van der Waals surface area (Å²) in [5, 5.41) is 10.4. The Bertz CT molecular complexity index is 1090. The summed E-state index contributed by atoms with van der Waals surface area (Å²) >= 11 is 6.05. The number of carboxylic acids is 1. The van der Waals surface area contributed by atoms with Crippen LogP contribution in [0.5, 0.6) is 5.75 Å². The van der Waals surface area contributed by atoms with Gasteiger partial charge < -0.3 is 20.5 Å². The molecular weight excluding hydrogens is 440 g/mol. The van der Waals surface area contributed by atoms with Crippen LogP contribution in [0.2, 0.25) is 5.02 Å². The van der Waals surface area contributed by atoms with Gasteiger partial charge in [0.1, 0.15) is 12.4 Å². The van der Waals surface area contributed by atoms with Crippen molar-refractivity contribution < 1.29 is 14.6 Å². The first-order chi connectivity index (χ1) is 16.0. The van der Waals surface area contributed by atoms with Crippen LogP contribution in [0, 0.1) is 0 Å². The highest BCUT2D eigenvalue weighted by molar-refractivity contribution is 6.30. The molecule has 0 saturated carbocycles. The second kappa shape index (κ2) is 10.6. The Balaban J connectivity index is 1.53. The van der Waals surface area contributed by atoms with E-state index in [-0.39, 0.29) is 11.6 Å². The fourth-order valence-electron chi connectivity index (χ4n) is 4.14. The van der Waals surface area contributed by atoms with E-state index < -0.39 is 5.97 Å². The van der Waals surface area contributed by atoms with E-state index in [9.17, 15) is 9.90 Å². The molecule has 33 heavy (non-hydrogen) atoms. The Morgan fingerprint density at radius 3 is 2.61 bits per heavy atom. The third kappa shape index (κ3) is 5.61. The summed E-state index contributed by atoms with van der Waals surface area (Å²) < 4.78 is 5.51. The van der Waals surface area contributed by atoms with Crippen molar-refractivity contribution in [1.82, 2.24) is 9.97 Å². The van der Waals surface area contributed by atoms with Gasteiger partial charge in [-0.25, -0.2) is 14.8 Å². The number of nitrogens with zero attached hydrogens (tertiary/aromatic N) is 3. The molecule has 0 amide bonds. The molecule has 7 nitrogen and oxygen atoms in total. The molecule has 1 aromatic heterocycles. The molecule has 1 saturated heterocycles. The third-order valence-electron chi connectivity index (χ3n) is 5.81. The SMILES string of the molecule is NCCOc1ccc(CCc2nc(N3CCCC3c3ccc(Cl)cc3)ncc2C(=O)O)cc1. The van der Waals surface area contributed by atoms with Crippen LogP contribution in [0.15, 0.2) is 54.7 Å². The van der Waals surface area contributed by atoms with Gasteiger partial charge in [-0.3, -0.25) is 0 Å². The third-order valence-corrected chi connectivity index (χ3v) is 6.06. The van der Waals surface area contributed by atoms with Crippen LogP contribution in [0.1, 0.15) is 46.1 Å². The molecule has 1 atom stereocenters. The van der Waals surface area contributed by atoms with Gasteiger partial charge >= 0.3 is 5.97 Å². The van der Waals surface area contributed by atoms with E-state index >= 15 is 0 Å². The minimum Gasteiger partial charge on any atom is -0.492 e. The Morgan fingerprint density at radius 2 is 1.91 bits per heavy atom. The number of hydrogen-bond donors (Lipinski definition) is 2. The van der Waals surface area contributed by atoms with Crippen LogP contribution < -0.4 is 15.4 Å². The first kappa shape index (κ1) is 23.0. The van der Waals surface area contributed by atoms with Crippen LogP contribution in [0.25, 0.3) is 0 Å². The minimum absolute atomic E-state index is 0.142. The number of hydrogen-bond acceptors (Lipinski definition) is 6. The van der Waals surface area contributed by atoms with Gasteiger partial charge in [-0.15, -0.1) is 0 Å². The van der Waals surface area contributed by atoms with Crippen molar-refractivity contribution in [1.29, 1.82) is 0 Å². The van der Waals surface area contributed by atoms with Gasteiger partial charge in [0, 0.05) is 24.3 Å².